The Morgan fingerprint density at radius 2 is 2.02 bits per heavy atom. The number of nitrogens with zero attached hydrogens (tertiary/aromatic N) is 4. The zero-order valence-corrected chi connectivity index (χ0v) is 23.8. The number of amides is 1. The van der Waals surface area contributed by atoms with Crippen molar-refractivity contribution in [2.24, 2.45) is 5.92 Å². The van der Waals surface area contributed by atoms with E-state index in [1.165, 1.54) is 17.3 Å². The third kappa shape index (κ3) is 7.64. The van der Waals surface area contributed by atoms with E-state index < -0.39 is 11.9 Å². The Balaban J connectivity index is 0.000000262. The van der Waals surface area contributed by atoms with Gasteiger partial charge in [0.1, 0.15) is 30.3 Å². The van der Waals surface area contributed by atoms with Gasteiger partial charge in [0.15, 0.2) is 0 Å². The molecule has 1 saturated heterocycles. The number of nitrogens with two attached hydrogens (primary N) is 1. The third-order valence-corrected chi connectivity index (χ3v) is 6.84. The van der Waals surface area contributed by atoms with Crippen molar-refractivity contribution in [2.45, 2.75) is 19.4 Å². The van der Waals surface area contributed by atoms with Crippen LogP contribution in [0.15, 0.2) is 73.7 Å². The van der Waals surface area contributed by atoms with E-state index in [0.717, 1.165) is 28.7 Å². The number of carboxylic acid groups (broad SMARTS) is 1. The fourth-order valence-electron chi connectivity index (χ4n) is 4.35. The number of hydrogen-bond acceptors (Lipinski definition) is 9. The molecule has 4 aromatic rings. The van der Waals surface area contributed by atoms with Gasteiger partial charge < -0.3 is 30.5 Å². The SMILES string of the molecule is C=CC(=O)N1CCC[C@H](C(=O)O)C1.COc1cc2ncnc(Nc3ccc(OCc4ccccn4)c(Cl)c3)c2cc1N. The summed E-state index contributed by atoms with van der Waals surface area (Å²) in [6, 6.07) is 14.7. The van der Waals surface area contributed by atoms with E-state index in [4.69, 9.17) is 31.9 Å². The largest absolute Gasteiger partial charge is 0.495 e. The molecule has 1 aliphatic rings. The minimum absolute atomic E-state index is 0.175. The monoisotopic (exact) mass is 590 g/mol. The first-order valence-electron chi connectivity index (χ1n) is 13.1. The Morgan fingerprint density at radius 3 is 2.71 bits per heavy atom. The summed E-state index contributed by atoms with van der Waals surface area (Å²) in [6.07, 6.45) is 5.85. The van der Waals surface area contributed by atoms with Gasteiger partial charge in [0.05, 0.1) is 34.9 Å². The number of anilines is 3. The van der Waals surface area contributed by atoms with Gasteiger partial charge in [-0.3, -0.25) is 14.6 Å². The highest BCUT2D eigenvalue weighted by molar-refractivity contribution is 6.32. The number of aliphatic carboxylic acids is 1. The number of carbonyl (C=O) groups excluding carboxylic acids is 1. The molecule has 1 aliphatic heterocycles. The average molecular weight is 591 g/mol. The standard InChI is InChI=1S/C21H18ClN5O2.C9H13NO3/c1-28-20-10-18-15(9-17(20)23)21(26-12-25-18)27-13-5-6-19(16(22)8-13)29-11-14-4-2-3-7-24-14;1-2-8(11)10-5-3-4-7(6-10)9(12)13/h2-10,12H,11,23H2,1H3,(H,25,26,27);2,7H,1,3-6H2,(H,12,13)/t;7-/m.0/s1. The van der Waals surface area contributed by atoms with E-state index in [1.807, 2.05) is 24.3 Å². The first-order chi connectivity index (χ1) is 20.3. The van der Waals surface area contributed by atoms with Crippen LogP contribution in [0.4, 0.5) is 17.2 Å². The Morgan fingerprint density at radius 1 is 1.19 bits per heavy atom. The molecule has 3 heterocycles. The number of rotatable bonds is 8. The van der Waals surface area contributed by atoms with E-state index in [9.17, 15) is 9.59 Å². The van der Waals surface area contributed by atoms with Crippen LogP contribution >= 0.6 is 11.6 Å². The second-order valence-electron chi connectivity index (χ2n) is 9.38. The second-order valence-corrected chi connectivity index (χ2v) is 9.79. The van der Waals surface area contributed by atoms with Crippen molar-refractivity contribution in [1.82, 2.24) is 19.9 Å². The molecule has 5 rings (SSSR count). The molecule has 0 unspecified atom stereocenters. The lowest BCUT2D eigenvalue weighted by molar-refractivity contribution is -0.144. The number of nitrogens with one attached hydrogen (secondary N) is 1. The smallest absolute Gasteiger partial charge is 0.308 e. The maximum absolute atomic E-state index is 11.1. The highest BCUT2D eigenvalue weighted by Gasteiger charge is 2.26. The first kappa shape index (κ1) is 30.1. The number of carboxylic acids is 1. The zero-order chi connectivity index (χ0) is 30.1. The normalized spacial score (nSPS) is 14.3. The van der Waals surface area contributed by atoms with Crippen molar-refractivity contribution in [3.8, 4) is 11.5 Å². The summed E-state index contributed by atoms with van der Waals surface area (Å²) in [5.74, 6) is 0.358. The number of benzene rings is 2. The summed E-state index contributed by atoms with van der Waals surface area (Å²) >= 11 is 6.39. The zero-order valence-electron chi connectivity index (χ0n) is 23.0. The molecule has 0 aliphatic carbocycles. The lowest BCUT2D eigenvalue weighted by atomic mass is 9.98. The topological polar surface area (TPSA) is 153 Å². The molecule has 1 fully saturated rings. The fraction of sp³-hybridized carbons (Fsp3) is 0.233. The predicted molar refractivity (Wildman–Crippen MR) is 161 cm³/mol. The van der Waals surface area contributed by atoms with Crippen molar-refractivity contribution >= 4 is 51.6 Å². The van der Waals surface area contributed by atoms with E-state index in [2.05, 4.69) is 26.8 Å². The Bertz CT molecular complexity index is 1570. The molecular weight excluding hydrogens is 560 g/mol. The lowest BCUT2D eigenvalue weighted by Gasteiger charge is -2.29. The van der Waals surface area contributed by atoms with Gasteiger partial charge in [-0.15, -0.1) is 0 Å². The van der Waals surface area contributed by atoms with Crippen molar-refractivity contribution in [3.05, 3.63) is 84.4 Å². The van der Waals surface area contributed by atoms with E-state index in [1.54, 1.807) is 37.6 Å². The van der Waals surface area contributed by atoms with Crippen LogP contribution in [-0.2, 0) is 16.2 Å². The van der Waals surface area contributed by atoms with Crippen LogP contribution in [0.3, 0.4) is 0 Å². The Labute approximate surface area is 248 Å². The minimum Gasteiger partial charge on any atom is -0.495 e. The molecule has 1 amide bonds. The summed E-state index contributed by atoms with van der Waals surface area (Å²) < 4.78 is 11.0. The number of halogens is 1. The number of fused-ring (bicyclic) bond motifs is 1. The van der Waals surface area contributed by atoms with E-state index in [-0.39, 0.29) is 5.91 Å². The number of aromatic nitrogens is 3. The van der Waals surface area contributed by atoms with Crippen LogP contribution in [0, 0.1) is 5.92 Å². The number of piperidine rings is 1. The van der Waals surface area contributed by atoms with Gasteiger partial charge in [-0.1, -0.05) is 24.2 Å². The molecule has 2 aromatic carbocycles. The molecule has 0 bridgehead atoms. The number of ether oxygens (including phenoxy) is 2. The van der Waals surface area contributed by atoms with Crippen LogP contribution in [0.2, 0.25) is 5.02 Å². The summed E-state index contributed by atoms with van der Waals surface area (Å²) in [5.41, 5.74) is 8.84. The van der Waals surface area contributed by atoms with E-state index in [0.29, 0.717) is 54.1 Å². The summed E-state index contributed by atoms with van der Waals surface area (Å²) in [4.78, 5) is 36.2. The van der Waals surface area contributed by atoms with Crippen molar-refractivity contribution < 1.29 is 24.2 Å². The highest BCUT2D eigenvalue weighted by atomic mass is 35.5. The molecule has 0 radical (unpaired) electrons. The Hall–Kier alpha value is -4.90. The van der Waals surface area contributed by atoms with Crippen molar-refractivity contribution in [1.29, 1.82) is 0 Å². The number of pyridine rings is 1. The maximum Gasteiger partial charge on any atom is 0.308 e. The van der Waals surface area contributed by atoms with Crippen molar-refractivity contribution in [3.63, 3.8) is 0 Å². The van der Waals surface area contributed by atoms with Crippen LogP contribution < -0.4 is 20.5 Å². The number of methoxy groups -OCH3 is 1. The number of likely N-dealkylation sites (tertiary alicyclic amines) is 1. The molecule has 0 saturated carbocycles. The van der Waals surface area contributed by atoms with Gasteiger partial charge in [0.2, 0.25) is 5.91 Å². The molecule has 0 spiro atoms. The highest BCUT2D eigenvalue weighted by Crippen LogP contribution is 2.33. The predicted octanol–water partition coefficient (Wildman–Crippen LogP) is 5.09. The van der Waals surface area contributed by atoms with Crippen LogP contribution in [0.1, 0.15) is 18.5 Å². The first-order valence-corrected chi connectivity index (χ1v) is 13.5. The van der Waals surface area contributed by atoms with Gasteiger partial charge in [-0.2, -0.15) is 0 Å². The molecule has 2 aromatic heterocycles. The number of carbonyl (C=O) groups is 2. The van der Waals surface area contributed by atoms with Gasteiger partial charge in [0, 0.05) is 36.4 Å². The Kier molecular flexibility index (Phi) is 10.1. The molecule has 1 atom stereocenters. The van der Waals surface area contributed by atoms with Gasteiger partial charge >= 0.3 is 5.97 Å². The molecule has 4 N–H and O–H groups in total. The molecular formula is C30H31ClN6O5. The van der Waals surface area contributed by atoms with Crippen LogP contribution in [0.25, 0.3) is 10.9 Å². The average Bonchev–Trinajstić information content (AvgIpc) is 3.01. The second kappa shape index (κ2) is 14.1. The van der Waals surface area contributed by atoms with Crippen LogP contribution in [-0.4, -0.2) is 57.0 Å². The third-order valence-electron chi connectivity index (χ3n) is 6.54. The molecule has 42 heavy (non-hydrogen) atoms. The molecule has 12 heteroatoms. The van der Waals surface area contributed by atoms with Gasteiger partial charge in [-0.05, 0) is 55.3 Å². The lowest BCUT2D eigenvalue weighted by Crippen LogP contribution is -2.41. The fourth-order valence-corrected chi connectivity index (χ4v) is 4.59. The quantitative estimate of drug-likeness (QED) is 0.187. The summed E-state index contributed by atoms with van der Waals surface area (Å²) in [7, 11) is 1.57. The van der Waals surface area contributed by atoms with Gasteiger partial charge in [0.25, 0.3) is 0 Å². The molecule has 11 nitrogen and oxygen atoms in total. The summed E-state index contributed by atoms with van der Waals surface area (Å²) in [5, 5.41) is 13.3. The molecule has 218 valence electrons. The number of nitrogen functional groups attached to an aromatic ring is 1. The number of hydrogen-bond donors (Lipinski definition) is 3. The maximum atomic E-state index is 11.1. The van der Waals surface area contributed by atoms with Crippen LogP contribution in [0.5, 0.6) is 11.5 Å². The van der Waals surface area contributed by atoms with E-state index >= 15 is 0 Å². The van der Waals surface area contributed by atoms with Gasteiger partial charge in [-0.25, -0.2) is 9.97 Å². The summed E-state index contributed by atoms with van der Waals surface area (Å²) in [6.45, 7) is 4.67. The minimum atomic E-state index is -0.818. The van der Waals surface area contributed by atoms with Crippen molar-refractivity contribution in [2.75, 3.05) is 31.2 Å².